The van der Waals surface area contributed by atoms with Crippen molar-refractivity contribution in [3.05, 3.63) is 57.0 Å². The molecule has 0 saturated carbocycles. The Balaban J connectivity index is 1.74. The summed E-state index contributed by atoms with van der Waals surface area (Å²) in [5, 5.41) is 8.54. The molecule has 0 fully saturated rings. The number of hydrogen-bond donors (Lipinski definition) is 0. The lowest BCUT2D eigenvalue weighted by atomic mass is 10.1. The number of aromatic nitrogens is 3. The van der Waals surface area contributed by atoms with E-state index in [9.17, 15) is 0 Å². The van der Waals surface area contributed by atoms with E-state index in [1.807, 2.05) is 31.2 Å². The zero-order valence-electron chi connectivity index (χ0n) is 11.9. The molecular formula is C15H10Cl3N3O2. The van der Waals surface area contributed by atoms with Gasteiger partial charge in [0.25, 0.3) is 5.89 Å². The van der Waals surface area contributed by atoms with E-state index in [0.717, 1.165) is 11.1 Å². The summed E-state index contributed by atoms with van der Waals surface area (Å²) < 4.78 is 11.0. The molecule has 0 bridgehead atoms. The number of halogens is 3. The van der Waals surface area contributed by atoms with Gasteiger partial charge in [0.15, 0.2) is 11.8 Å². The summed E-state index contributed by atoms with van der Waals surface area (Å²) in [6.07, 6.45) is 0. The fourth-order valence-corrected chi connectivity index (χ4v) is 2.41. The first-order chi connectivity index (χ1) is 11.0. The molecule has 8 heteroatoms. The minimum absolute atomic E-state index is 0.0174. The summed E-state index contributed by atoms with van der Waals surface area (Å²) in [4.78, 5) is 3.95. The van der Waals surface area contributed by atoms with Gasteiger partial charge in [0.05, 0.1) is 5.02 Å². The van der Waals surface area contributed by atoms with E-state index < -0.39 is 0 Å². The molecule has 0 amide bonds. The van der Waals surface area contributed by atoms with Crippen molar-refractivity contribution in [2.75, 3.05) is 0 Å². The van der Waals surface area contributed by atoms with Crippen LogP contribution in [-0.4, -0.2) is 15.2 Å². The molecule has 0 atom stereocenters. The normalized spacial score (nSPS) is 10.8. The molecule has 0 saturated heterocycles. The van der Waals surface area contributed by atoms with Gasteiger partial charge < -0.3 is 9.15 Å². The zero-order valence-corrected chi connectivity index (χ0v) is 14.2. The number of hydrogen-bond acceptors (Lipinski definition) is 5. The summed E-state index contributed by atoms with van der Waals surface area (Å²) in [5.74, 6) is 0.863. The minimum atomic E-state index is 0.0174. The Morgan fingerprint density at radius 2 is 1.91 bits per heavy atom. The third kappa shape index (κ3) is 3.75. The molecule has 0 aliphatic rings. The van der Waals surface area contributed by atoms with Gasteiger partial charge in [-0.3, -0.25) is 0 Å². The molecule has 0 aliphatic carbocycles. The molecule has 3 rings (SSSR count). The Morgan fingerprint density at radius 1 is 1.09 bits per heavy atom. The zero-order chi connectivity index (χ0) is 16.4. The number of aryl methyl sites for hydroxylation is 1. The molecule has 0 spiro atoms. The highest BCUT2D eigenvalue weighted by molar-refractivity contribution is 6.42. The van der Waals surface area contributed by atoms with Crippen molar-refractivity contribution >= 4 is 34.8 Å². The van der Waals surface area contributed by atoms with Gasteiger partial charge in [-0.2, -0.15) is 4.98 Å². The first-order valence-electron chi connectivity index (χ1n) is 6.56. The molecule has 23 heavy (non-hydrogen) atoms. The summed E-state index contributed by atoms with van der Waals surface area (Å²) in [6, 6.07) is 9.21. The smallest absolute Gasteiger partial charge is 0.254 e. The Morgan fingerprint density at radius 3 is 2.70 bits per heavy atom. The Labute approximate surface area is 147 Å². The van der Waals surface area contributed by atoms with Crippen molar-refractivity contribution in [1.82, 2.24) is 15.2 Å². The van der Waals surface area contributed by atoms with E-state index in [1.165, 1.54) is 6.07 Å². The van der Waals surface area contributed by atoms with Gasteiger partial charge in [0.2, 0.25) is 11.8 Å². The van der Waals surface area contributed by atoms with Crippen molar-refractivity contribution in [1.29, 1.82) is 0 Å². The molecule has 0 unspecified atom stereocenters. The average Bonchev–Trinajstić information content (AvgIpc) is 2.98. The van der Waals surface area contributed by atoms with Crippen LogP contribution in [0.15, 0.2) is 34.7 Å². The number of nitrogens with zero attached hydrogens (tertiary/aromatic N) is 3. The van der Waals surface area contributed by atoms with Crippen LogP contribution < -0.4 is 4.74 Å². The molecule has 3 aromatic rings. The Hall–Kier alpha value is -1.82. The Kier molecular flexibility index (Phi) is 4.71. The van der Waals surface area contributed by atoms with Gasteiger partial charge in [-0.15, -0.1) is 10.2 Å². The van der Waals surface area contributed by atoms with Crippen LogP contribution in [0, 0.1) is 6.92 Å². The second-order valence-corrected chi connectivity index (χ2v) is 5.88. The highest BCUT2D eigenvalue weighted by atomic mass is 35.5. The molecule has 0 radical (unpaired) electrons. The van der Waals surface area contributed by atoms with Crippen LogP contribution in [0.3, 0.4) is 0 Å². The van der Waals surface area contributed by atoms with E-state index in [0.29, 0.717) is 11.8 Å². The van der Waals surface area contributed by atoms with Crippen molar-refractivity contribution in [3.8, 4) is 17.3 Å². The van der Waals surface area contributed by atoms with E-state index in [4.69, 9.17) is 44.0 Å². The molecular weight excluding hydrogens is 361 g/mol. The quantitative estimate of drug-likeness (QED) is 0.606. The van der Waals surface area contributed by atoms with Gasteiger partial charge >= 0.3 is 0 Å². The lowest BCUT2D eigenvalue weighted by molar-refractivity contribution is 0.255. The first-order valence-corrected chi connectivity index (χ1v) is 7.70. The lowest BCUT2D eigenvalue weighted by Gasteiger charge is -2.05. The van der Waals surface area contributed by atoms with E-state index in [1.54, 1.807) is 0 Å². The second-order valence-electron chi connectivity index (χ2n) is 4.71. The second kappa shape index (κ2) is 6.74. The van der Waals surface area contributed by atoms with Crippen molar-refractivity contribution in [3.63, 3.8) is 0 Å². The summed E-state index contributed by atoms with van der Waals surface area (Å²) in [7, 11) is 0. The van der Waals surface area contributed by atoms with Gasteiger partial charge in [0, 0.05) is 5.56 Å². The molecule has 5 nitrogen and oxygen atoms in total. The average molecular weight is 371 g/mol. The maximum Gasteiger partial charge on any atom is 0.254 e. The number of rotatable bonds is 4. The van der Waals surface area contributed by atoms with Crippen LogP contribution in [0.4, 0.5) is 0 Å². The van der Waals surface area contributed by atoms with Crippen LogP contribution in [0.25, 0.3) is 11.5 Å². The molecule has 2 aromatic heterocycles. The van der Waals surface area contributed by atoms with Crippen LogP contribution in [0.2, 0.25) is 15.2 Å². The van der Waals surface area contributed by atoms with Crippen LogP contribution >= 0.6 is 34.8 Å². The largest absolute Gasteiger partial charge is 0.466 e. The van der Waals surface area contributed by atoms with E-state index in [2.05, 4.69) is 15.2 Å². The predicted molar refractivity (Wildman–Crippen MR) is 88.1 cm³/mol. The standard InChI is InChI=1S/C15H10Cl3N3O2/c1-8-3-2-4-9(5-8)14-21-20-12(23-14)7-22-15-11(17)6-10(16)13(18)19-15/h2-6H,7H2,1H3. The highest BCUT2D eigenvalue weighted by Gasteiger charge is 2.13. The molecule has 118 valence electrons. The Bertz CT molecular complexity index is 852. The van der Waals surface area contributed by atoms with Crippen molar-refractivity contribution in [2.24, 2.45) is 0 Å². The fraction of sp³-hybridized carbons (Fsp3) is 0.133. The van der Waals surface area contributed by atoms with Crippen molar-refractivity contribution in [2.45, 2.75) is 13.5 Å². The number of benzene rings is 1. The fourth-order valence-electron chi connectivity index (χ4n) is 1.87. The van der Waals surface area contributed by atoms with Crippen LogP contribution in [-0.2, 0) is 6.61 Å². The number of ether oxygens (including phenoxy) is 1. The van der Waals surface area contributed by atoms with Crippen molar-refractivity contribution < 1.29 is 9.15 Å². The molecule has 0 N–H and O–H groups in total. The highest BCUT2D eigenvalue weighted by Crippen LogP contribution is 2.30. The maximum atomic E-state index is 5.99. The van der Waals surface area contributed by atoms with E-state index in [-0.39, 0.29) is 27.7 Å². The van der Waals surface area contributed by atoms with Gasteiger partial charge in [0.1, 0.15) is 5.02 Å². The first kappa shape index (κ1) is 16.1. The SMILES string of the molecule is Cc1cccc(-c2nnc(COc3nc(Cl)c(Cl)cc3Cl)o2)c1. The van der Waals surface area contributed by atoms with Crippen LogP contribution in [0.1, 0.15) is 11.5 Å². The monoisotopic (exact) mass is 369 g/mol. The van der Waals surface area contributed by atoms with Gasteiger partial charge in [-0.05, 0) is 25.1 Å². The van der Waals surface area contributed by atoms with Gasteiger partial charge in [-0.1, -0.05) is 52.5 Å². The molecule has 1 aromatic carbocycles. The lowest BCUT2D eigenvalue weighted by Crippen LogP contribution is -1.98. The van der Waals surface area contributed by atoms with E-state index >= 15 is 0 Å². The van der Waals surface area contributed by atoms with Crippen LogP contribution in [0.5, 0.6) is 5.88 Å². The maximum absolute atomic E-state index is 5.99. The topological polar surface area (TPSA) is 61.0 Å². The molecule has 0 aliphatic heterocycles. The summed E-state index contributed by atoms with van der Waals surface area (Å²) in [6.45, 7) is 2.01. The number of pyridine rings is 1. The summed E-state index contributed by atoms with van der Waals surface area (Å²) in [5.41, 5.74) is 1.94. The minimum Gasteiger partial charge on any atom is -0.466 e. The third-order valence-electron chi connectivity index (χ3n) is 2.92. The third-order valence-corrected chi connectivity index (χ3v) is 3.86. The predicted octanol–water partition coefficient (Wildman–Crippen LogP) is 4.98. The molecule has 2 heterocycles. The van der Waals surface area contributed by atoms with Gasteiger partial charge in [-0.25, -0.2) is 0 Å². The summed E-state index contributed by atoms with van der Waals surface area (Å²) >= 11 is 17.6.